The van der Waals surface area contributed by atoms with E-state index < -0.39 is 0 Å². The highest BCUT2D eigenvalue weighted by Gasteiger charge is 2.29. The Morgan fingerprint density at radius 3 is 2.90 bits per heavy atom. The van der Waals surface area contributed by atoms with Gasteiger partial charge in [0, 0.05) is 28.7 Å². The molecule has 1 atom stereocenters. The summed E-state index contributed by atoms with van der Waals surface area (Å²) < 4.78 is 6.95. The fourth-order valence-corrected chi connectivity index (χ4v) is 4.08. The molecule has 1 fully saturated rings. The molecule has 1 aliphatic heterocycles. The summed E-state index contributed by atoms with van der Waals surface area (Å²) in [7, 11) is 0. The van der Waals surface area contributed by atoms with Gasteiger partial charge in [-0.2, -0.15) is 5.10 Å². The first-order chi connectivity index (χ1) is 15.0. The minimum Gasteiger partial charge on any atom is -0.448 e. The molecule has 1 N–H and O–H groups in total. The van der Waals surface area contributed by atoms with Gasteiger partial charge in [-0.15, -0.1) is 0 Å². The van der Waals surface area contributed by atoms with Crippen molar-refractivity contribution in [2.45, 2.75) is 38.9 Å². The van der Waals surface area contributed by atoms with Crippen molar-refractivity contribution >= 4 is 34.5 Å². The number of aromatic nitrogens is 2. The molecule has 0 bridgehead atoms. The quantitative estimate of drug-likeness (QED) is 0.568. The van der Waals surface area contributed by atoms with Crippen LogP contribution in [0.5, 0.6) is 0 Å². The molecular weight excluding hydrogens is 416 g/mol. The molecule has 2 aromatic carbocycles. The molecule has 0 saturated carbocycles. The Kier molecular flexibility index (Phi) is 6.42. The van der Waals surface area contributed by atoms with Crippen molar-refractivity contribution in [2.75, 3.05) is 13.2 Å². The second-order valence-electron chi connectivity index (χ2n) is 7.69. The summed E-state index contributed by atoms with van der Waals surface area (Å²) in [5.74, 6) is -0.167. The number of hydrogen-bond donors (Lipinski definition) is 1. The summed E-state index contributed by atoms with van der Waals surface area (Å²) in [6.45, 7) is 4.14. The molecule has 0 aliphatic carbocycles. The summed E-state index contributed by atoms with van der Waals surface area (Å²) in [5, 5.41) is 9.15. The Hall–Kier alpha value is -3.06. The lowest BCUT2D eigenvalue weighted by molar-refractivity contribution is 0.0951. The first-order valence-corrected chi connectivity index (χ1v) is 10.8. The molecule has 1 aliphatic rings. The maximum atomic E-state index is 12.6. The average Bonchev–Trinajstić information content (AvgIpc) is 3.36. The molecule has 162 valence electrons. The molecule has 4 rings (SSSR count). The number of halogens is 1. The molecule has 0 radical (unpaired) electrons. The van der Waals surface area contributed by atoms with E-state index in [1.807, 2.05) is 35.1 Å². The van der Waals surface area contributed by atoms with Crippen LogP contribution < -0.4 is 5.32 Å². The Morgan fingerprint density at radius 1 is 1.29 bits per heavy atom. The van der Waals surface area contributed by atoms with E-state index >= 15 is 0 Å². The number of carbonyl (C=O) groups excluding carboxylic acids is 2. The van der Waals surface area contributed by atoms with E-state index in [9.17, 15) is 9.59 Å². The number of hydrogen-bond acceptors (Lipinski definition) is 4. The topological polar surface area (TPSA) is 76.5 Å². The van der Waals surface area contributed by atoms with Gasteiger partial charge in [0.1, 0.15) is 6.61 Å². The number of amides is 2. The molecule has 2 amide bonds. The first kappa shape index (κ1) is 21.2. The number of benzene rings is 2. The van der Waals surface area contributed by atoms with Crippen molar-refractivity contribution in [1.29, 1.82) is 0 Å². The third-order valence-electron chi connectivity index (χ3n) is 5.41. The summed E-state index contributed by atoms with van der Waals surface area (Å²) in [5.41, 5.74) is 2.23. The highest BCUT2D eigenvalue weighted by atomic mass is 35.5. The molecule has 0 spiro atoms. The highest BCUT2D eigenvalue weighted by Crippen LogP contribution is 2.19. The van der Waals surface area contributed by atoms with Gasteiger partial charge in [0.25, 0.3) is 5.91 Å². The number of rotatable bonds is 8. The van der Waals surface area contributed by atoms with Crippen molar-refractivity contribution in [2.24, 2.45) is 0 Å². The molecule has 1 aromatic heterocycles. The number of cyclic esters (lactones) is 1. The number of nitrogens with zero attached hydrogens (tertiary/aromatic N) is 3. The van der Waals surface area contributed by atoms with Gasteiger partial charge in [0.2, 0.25) is 0 Å². The number of ether oxygens (including phenoxy) is 1. The largest absolute Gasteiger partial charge is 0.448 e. The first-order valence-electron chi connectivity index (χ1n) is 10.5. The Labute approximate surface area is 185 Å². The number of fused-ring (bicyclic) bond motifs is 1. The van der Waals surface area contributed by atoms with E-state index in [1.165, 1.54) is 0 Å². The standard InChI is InChI=1S/C23H25ClN4O3/c1-2-4-20(28-9-10-31-23(28)30)15-27-14-18-8-7-17(12-21(18)26-27)22(29)25-13-16-5-3-6-19(24)11-16/h3,5-8,11-12,14,20H,2,4,9-10,13,15H2,1H3,(H,25,29). The second kappa shape index (κ2) is 9.39. The van der Waals surface area contributed by atoms with Crippen LogP contribution in [0.1, 0.15) is 35.7 Å². The van der Waals surface area contributed by atoms with E-state index in [1.54, 1.807) is 23.1 Å². The summed E-state index contributed by atoms with van der Waals surface area (Å²) in [4.78, 5) is 26.3. The molecule has 1 saturated heterocycles. The van der Waals surface area contributed by atoms with Crippen LogP contribution in [0.15, 0.2) is 48.7 Å². The fraction of sp³-hybridized carbons (Fsp3) is 0.348. The predicted molar refractivity (Wildman–Crippen MR) is 119 cm³/mol. The normalized spacial score (nSPS) is 14.6. The van der Waals surface area contributed by atoms with E-state index in [2.05, 4.69) is 17.3 Å². The minimum atomic E-state index is -0.256. The summed E-state index contributed by atoms with van der Waals surface area (Å²) in [6.07, 6.45) is 3.54. The maximum absolute atomic E-state index is 12.6. The lowest BCUT2D eigenvalue weighted by Crippen LogP contribution is -2.39. The molecular formula is C23H25ClN4O3. The Balaban J connectivity index is 1.45. The molecule has 8 heteroatoms. The molecule has 31 heavy (non-hydrogen) atoms. The van der Waals surface area contributed by atoms with Crippen LogP contribution in [0, 0.1) is 0 Å². The Morgan fingerprint density at radius 2 is 2.16 bits per heavy atom. The van der Waals surface area contributed by atoms with Crippen LogP contribution in [-0.4, -0.2) is 45.9 Å². The van der Waals surface area contributed by atoms with Crippen LogP contribution in [0.2, 0.25) is 5.02 Å². The van der Waals surface area contributed by atoms with Crippen molar-refractivity contribution in [3.8, 4) is 0 Å². The molecule has 3 aromatic rings. The van der Waals surface area contributed by atoms with Crippen molar-refractivity contribution in [1.82, 2.24) is 20.0 Å². The van der Waals surface area contributed by atoms with Gasteiger partial charge in [-0.25, -0.2) is 4.79 Å². The van der Waals surface area contributed by atoms with Crippen LogP contribution >= 0.6 is 11.6 Å². The number of carbonyl (C=O) groups is 2. The molecule has 7 nitrogen and oxygen atoms in total. The Bertz CT molecular complexity index is 1100. The lowest BCUT2D eigenvalue weighted by Gasteiger charge is -2.25. The molecule has 1 unspecified atom stereocenters. The predicted octanol–water partition coefficient (Wildman–Crippen LogP) is 4.24. The van der Waals surface area contributed by atoms with Gasteiger partial charge in [-0.1, -0.05) is 43.1 Å². The van der Waals surface area contributed by atoms with Gasteiger partial charge >= 0.3 is 6.09 Å². The van der Waals surface area contributed by atoms with E-state index in [0.717, 1.165) is 29.3 Å². The van der Waals surface area contributed by atoms with Gasteiger partial charge < -0.3 is 10.1 Å². The fourth-order valence-electron chi connectivity index (χ4n) is 3.87. The monoisotopic (exact) mass is 440 g/mol. The molecule has 2 heterocycles. The SMILES string of the molecule is CCCC(Cn1cc2ccc(C(=O)NCc3cccc(Cl)c3)cc2n1)N1CCOC1=O. The summed E-state index contributed by atoms with van der Waals surface area (Å²) >= 11 is 6.00. The second-order valence-corrected chi connectivity index (χ2v) is 8.12. The van der Waals surface area contributed by atoms with Crippen LogP contribution in [0.25, 0.3) is 10.9 Å². The van der Waals surface area contributed by atoms with E-state index in [0.29, 0.717) is 36.8 Å². The third kappa shape index (κ3) is 4.99. The van der Waals surface area contributed by atoms with Crippen LogP contribution in [0.3, 0.4) is 0 Å². The van der Waals surface area contributed by atoms with Gasteiger partial charge in [-0.3, -0.25) is 14.4 Å². The van der Waals surface area contributed by atoms with E-state index in [-0.39, 0.29) is 18.0 Å². The number of nitrogens with one attached hydrogen (secondary N) is 1. The van der Waals surface area contributed by atoms with Crippen LogP contribution in [0.4, 0.5) is 4.79 Å². The maximum Gasteiger partial charge on any atom is 0.410 e. The van der Waals surface area contributed by atoms with Gasteiger partial charge in [0.15, 0.2) is 0 Å². The van der Waals surface area contributed by atoms with Gasteiger partial charge in [0.05, 0.1) is 24.6 Å². The van der Waals surface area contributed by atoms with Crippen molar-refractivity contribution < 1.29 is 14.3 Å². The zero-order chi connectivity index (χ0) is 21.8. The smallest absolute Gasteiger partial charge is 0.410 e. The van der Waals surface area contributed by atoms with E-state index in [4.69, 9.17) is 16.3 Å². The zero-order valence-electron chi connectivity index (χ0n) is 17.4. The average molecular weight is 441 g/mol. The zero-order valence-corrected chi connectivity index (χ0v) is 18.1. The van der Waals surface area contributed by atoms with Crippen molar-refractivity contribution in [3.05, 3.63) is 64.8 Å². The summed E-state index contributed by atoms with van der Waals surface area (Å²) in [6, 6.07) is 12.9. The highest BCUT2D eigenvalue weighted by molar-refractivity contribution is 6.30. The lowest BCUT2D eigenvalue weighted by atomic mass is 10.1. The minimum absolute atomic E-state index is 0.0368. The van der Waals surface area contributed by atoms with Crippen LogP contribution in [-0.2, 0) is 17.8 Å². The van der Waals surface area contributed by atoms with Crippen molar-refractivity contribution in [3.63, 3.8) is 0 Å². The third-order valence-corrected chi connectivity index (χ3v) is 5.65. The van der Waals surface area contributed by atoms with Gasteiger partial charge in [-0.05, 0) is 36.2 Å².